The average Bonchev–Trinajstić information content (AvgIpc) is 2.76. The number of benzene rings is 2. The minimum Gasteiger partial charge on any atom is -0.332 e. The van der Waals surface area contributed by atoms with Gasteiger partial charge in [0.05, 0.1) is 10.2 Å². The summed E-state index contributed by atoms with van der Waals surface area (Å²) < 4.78 is 15.1. The number of halogens is 2. The lowest BCUT2D eigenvalue weighted by Gasteiger charge is -2.01. The molecule has 90 valence electrons. The number of anilines is 2. The zero-order valence-corrected chi connectivity index (χ0v) is 11.6. The van der Waals surface area contributed by atoms with Crippen LogP contribution in [0.3, 0.4) is 0 Å². The molecule has 0 aliphatic heterocycles. The van der Waals surface area contributed by atoms with E-state index in [1.807, 2.05) is 30.3 Å². The normalized spacial score (nSPS) is 10.8. The summed E-state index contributed by atoms with van der Waals surface area (Å²) in [6, 6.07) is 12.7. The molecule has 0 fully saturated rings. The van der Waals surface area contributed by atoms with E-state index in [9.17, 15) is 4.39 Å². The van der Waals surface area contributed by atoms with Crippen LogP contribution in [0.5, 0.6) is 0 Å². The Kier molecular flexibility index (Phi) is 3.01. The summed E-state index contributed by atoms with van der Waals surface area (Å²) in [4.78, 5) is 4.35. The van der Waals surface area contributed by atoms with E-state index in [1.54, 1.807) is 6.07 Å². The molecule has 1 heterocycles. The Hall–Kier alpha value is -1.46. The van der Waals surface area contributed by atoms with Crippen molar-refractivity contribution in [1.29, 1.82) is 0 Å². The van der Waals surface area contributed by atoms with Crippen molar-refractivity contribution in [2.75, 3.05) is 5.32 Å². The second-order valence-corrected chi connectivity index (χ2v) is 5.65. The van der Waals surface area contributed by atoms with Gasteiger partial charge in [-0.05, 0) is 36.4 Å². The first-order chi connectivity index (χ1) is 8.72. The summed E-state index contributed by atoms with van der Waals surface area (Å²) in [7, 11) is 0. The standard InChI is InChI=1S/C13H8BrFN2S/c14-8-4-6-9(7-5-8)16-13-17-11-3-1-2-10(15)12(11)18-13/h1-7H,(H,16,17). The molecule has 3 rings (SSSR count). The van der Waals surface area contributed by atoms with Crippen LogP contribution in [0.2, 0.25) is 0 Å². The number of hydrogen-bond acceptors (Lipinski definition) is 3. The zero-order chi connectivity index (χ0) is 12.5. The maximum Gasteiger partial charge on any atom is 0.188 e. The predicted molar refractivity (Wildman–Crippen MR) is 77.0 cm³/mol. The Labute approximate surface area is 116 Å². The highest BCUT2D eigenvalue weighted by atomic mass is 79.9. The molecular weight excluding hydrogens is 315 g/mol. The molecule has 0 bridgehead atoms. The first kappa shape index (κ1) is 11.6. The van der Waals surface area contributed by atoms with Crippen LogP contribution in [-0.2, 0) is 0 Å². The van der Waals surface area contributed by atoms with Gasteiger partial charge in [0.2, 0.25) is 0 Å². The van der Waals surface area contributed by atoms with Crippen molar-refractivity contribution in [3.8, 4) is 0 Å². The quantitative estimate of drug-likeness (QED) is 0.722. The maximum absolute atomic E-state index is 13.5. The van der Waals surface area contributed by atoms with Crippen molar-refractivity contribution in [2.24, 2.45) is 0 Å². The molecule has 0 amide bonds. The van der Waals surface area contributed by atoms with Crippen LogP contribution in [0.15, 0.2) is 46.9 Å². The molecule has 18 heavy (non-hydrogen) atoms. The third kappa shape index (κ3) is 2.23. The topological polar surface area (TPSA) is 24.9 Å². The Morgan fingerprint density at radius 3 is 2.61 bits per heavy atom. The summed E-state index contributed by atoms with van der Waals surface area (Å²) in [6.07, 6.45) is 0. The monoisotopic (exact) mass is 322 g/mol. The Morgan fingerprint density at radius 1 is 1.11 bits per heavy atom. The lowest BCUT2D eigenvalue weighted by molar-refractivity contribution is 0.641. The Morgan fingerprint density at radius 2 is 1.89 bits per heavy atom. The first-order valence-corrected chi connectivity index (χ1v) is 6.91. The van der Waals surface area contributed by atoms with E-state index in [4.69, 9.17) is 0 Å². The average molecular weight is 323 g/mol. The van der Waals surface area contributed by atoms with E-state index in [1.165, 1.54) is 17.4 Å². The molecule has 0 spiro atoms. The van der Waals surface area contributed by atoms with Crippen LogP contribution in [-0.4, -0.2) is 4.98 Å². The van der Waals surface area contributed by atoms with Gasteiger partial charge >= 0.3 is 0 Å². The number of nitrogens with one attached hydrogen (secondary N) is 1. The number of rotatable bonds is 2. The van der Waals surface area contributed by atoms with Gasteiger partial charge in [-0.2, -0.15) is 0 Å². The number of fused-ring (bicyclic) bond motifs is 1. The fourth-order valence-corrected chi connectivity index (χ4v) is 2.78. The summed E-state index contributed by atoms with van der Waals surface area (Å²) in [5.74, 6) is -0.228. The first-order valence-electron chi connectivity index (χ1n) is 5.30. The summed E-state index contributed by atoms with van der Waals surface area (Å²) >= 11 is 4.69. The van der Waals surface area contributed by atoms with Crippen LogP contribution >= 0.6 is 27.3 Å². The largest absolute Gasteiger partial charge is 0.332 e. The molecule has 0 aliphatic carbocycles. The van der Waals surface area contributed by atoms with Crippen molar-refractivity contribution in [1.82, 2.24) is 4.98 Å². The third-order valence-electron chi connectivity index (χ3n) is 2.46. The van der Waals surface area contributed by atoms with Crippen molar-refractivity contribution < 1.29 is 4.39 Å². The molecule has 0 atom stereocenters. The van der Waals surface area contributed by atoms with Gasteiger partial charge in [0.25, 0.3) is 0 Å². The van der Waals surface area contributed by atoms with E-state index in [0.29, 0.717) is 15.3 Å². The van der Waals surface area contributed by atoms with E-state index < -0.39 is 0 Å². The Bertz CT molecular complexity index is 694. The molecule has 0 aliphatic rings. The maximum atomic E-state index is 13.5. The molecule has 3 aromatic rings. The summed E-state index contributed by atoms with van der Waals surface area (Å²) in [5.41, 5.74) is 1.61. The van der Waals surface area contributed by atoms with E-state index in [2.05, 4.69) is 26.2 Å². The molecule has 5 heteroatoms. The second kappa shape index (κ2) is 4.66. The van der Waals surface area contributed by atoms with Crippen LogP contribution < -0.4 is 5.32 Å². The number of nitrogens with zero attached hydrogens (tertiary/aromatic N) is 1. The fraction of sp³-hybridized carbons (Fsp3) is 0. The highest BCUT2D eigenvalue weighted by molar-refractivity contribution is 9.10. The van der Waals surface area contributed by atoms with E-state index in [-0.39, 0.29) is 5.82 Å². The van der Waals surface area contributed by atoms with Gasteiger partial charge in [0.15, 0.2) is 5.13 Å². The predicted octanol–water partition coefficient (Wildman–Crippen LogP) is 4.94. The lowest BCUT2D eigenvalue weighted by atomic mass is 10.3. The van der Waals surface area contributed by atoms with E-state index in [0.717, 1.165) is 10.2 Å². The molecule has 2 aromatic carbocycles. The highest BCUT2D eigenvalue weighted by Crippen LogP contribution is 2.30. The Balaban J connectivity index is 1.95. The third-order valence-corrected chi connectivity index (χ3v) is 3.99. The molecule has 1 N–H and O–H groups in total. The van der Waals surface area contributed by atoms with Crippen molar-refractivity contribution in [2.45, 2.75) is 0 Å². The van der Waals surface area contributed by atoms with Gasteiger partial charge in [-0.15, -0.1) is 0 Å². The molecule has 1 aromatic heterocycles. The van der Waals surface area contributed by atoms with Crippen molar-refractivity contribution in [3.05, 3.63) is 52.8 Å². The lowest BCUT2D eigenvalue weighted by Crippen LogP contribution is -1.87. The minimum atomic E-state index is -0.228. The van der Waals surface area contributed by atoms with Crippen LogP contribution in [0.25, 0.3) is 10.2 Å². The molecule has 0 unspecified atom stereocenters. The second-order valence-electron chi connectivity index (χ2n) is 3.74. The van der Waals surface area contributed by atoms with Crippen LogP contribution in [0.4, 0.5) is 15.2 Å². The molecular formula is C13H8BrFN2S. The fourth-order valence-electron chi connectivity index (χ4n) is 1.63. The van der Waals surface area contributed by atoms with Gasteiger partial charge in [-0.1, -0.05) is 33.3 Å². The number of thiazole rings is 1. The number of aromatic nitrogens is 1. The number of hydrogen-bond donors (Lipinski definition) is 1. The van der Waals surface area contributed by atoms with Crippen LogP contribution in [0.1, 0.15) is 0 Å². The highest BCUT2D eigenvalue weighted by Gasteiger charge is 2.07. The van der Waals surface area contributed by atoms with Gasteiger partial charge in [0.1, 0.15) is 5.82 Å². The van der Waals surface area contributed by atoms with Gasteiger partial charge in [-0.3, -0.25) is 0 Å². The summed E-state index contributed by atoms with van der Waals surface area (Å²) in [6.45, 7) is 0. The molecule has 2 nitrogen and oxygen atoms in total. The van der Waals surface area contributed by atoms with Crippen molar-refractivity contribution >= 4 is 48.3 Å². The summed E-state index contributed by atoms with van der Waals surface area (Å²) in [5, 5.41) is 3.86. The SMILES string of the molecule is Fc1cccc2nc(Nc3ccc(Br)cc3)sc12. The smallest absolute Gasteiger partial charge is 0.188 e. The van der Waals surface area contributed by atoms with Gasteiger partial charge in [-0.25, -0.2) is 9.37 Å². The molecule has 0 radical (unpaired) electrons. The molecule has 0 saturated heterocycles. The zero-order valence-electron chi connectivity index (χ0n) is 9.15. The van der Waals surface area contributed by atoms with Gasteiger partial charge in [0, 0.05) is 10.2 Å². The minimum absolute atomic E-state index is 0.228. The van der Waals surface area contributed by atoms with Crippen molar-refractivity contribution in [3.63, 3.8) is 0 Å². The van der Waals surface area contributed by atoms with Crippen LogP contribution in [0, 0.1) is 5.82 Å². The van der Waals surface area contributed by atoms with Gasteiger partial charge < -0.3 is 5.32 Å². The molecule has 0 saturated carbocycles. The van der Waals surface area contributed by atoms with E-state index >= 15 is 0 Å².